The Labute approximate surface area is 159 Å². The molecule has 1 amide bonds. The van der Waals surface area contributed by atoms with Gasteiger partial charge in [0, 0.05) is 23.4 Å². The predicted octanol–water partition coefficient (Wildman–Crippen LogP) is 5.16. The van der Waals surface area contributed by atoms with Crippen molar-refractivity contribution in [3.05, 3.63) is 75.5 Å². The van der Waals surface area contributed by atoms with Gasteiger partial charge < -0.3 is 14.5 Å². The largest absolute Gasteiger partial charge is 0.494 e. The standard InChI is InChI=1S/C19H15ClN2O5/c1-2-26-14-6-3-12(4-7-14)21-19(23)18-10-9-17(27-18)15-8-5-13(22(24)25)11-16(15)20/h3-11H,2H2,1H3,(H,21,23). The van der Waals surface area contributed by atoms with E-state index in [2.05, 4.69) is 5.32 Å². The van der Waals surface area contributed by atoms with Crippen molar-refractivity contribution in [2.24, 2.45) is 0 Å². The molecule has 7 nitrogen and oxygen atoms in total. The zero-order chi connectivity index (χ0) is 19.4. The van der Waals surface area contributed by atoms with E-state index in [9.17, 15) is 14.9 Å². The number of hydrogen-bond acceptors (Lipinski definition) is 5. The number of anilines is 1. The molecule has 0 spiro atoms. The first kappa shape index (κ1) is 18.5. The number of rotatable bonds is 6. The van der Waals surface area contributed by atoms with Gasteiger partial charge in [0.1, 0.15) is 11.5 Å². The zero-order valence-electron chi connectivity index (χ0n) is 14.3. The van der Waals surface area contributed by atoms with Crippen molar-refractivity contribution in [1.29, 1.82) is 0 Å². The van der Waals surface area contributed by atoms with Crippen LogP contribution in [-0.2, 0) is 0 Å². The Morgan fingerprint density at radius 2 is 1.93 bits per heavy atom. The molecular formula is C19H15ClN2O5. The van der Waals surface area contributed by atoms with Crippen molar-refractivity contribution in [3.63, 3.8) is 0 Å². The van der Waals surface area contributed by atoms with Gasteiger partial charge in [0.05, 0.1) is 16.6 Å². The fourth-order valence-corrected chi connectivity index (χ4v) is 2.68. The lowest BCUT2D eigenvalue weighted by Gasteiger charge is -2.06. The first-order valence-electron chi connectivity index (χ1n) is 8.06. The van der Waals surface area contributed by atoms with Crippen molar-refractivity contribution in [1.82, 2.24) is 0 Å². The van der Waals surface area contributed by atoms with Crippen LogP contribution < -0.4 is 10.1 Å². The number of hydrogen-bond donors (Lipinski definition) is 1. The molecule has 0 atom stereocenters. The summed E-state index contributed by atoms with van der Waals surface area (Å²) in [7, 11) is 0. The summed E-state index contributed by atoms with van der Waals surface area (Å²) >= 11 is 6.09. The minimum Gasteiger partial charge on any atom is -0.494 e. The minimum atomic E-state index is -0.534. The average molecular weight is 387 g/mol. The second kappa shape index (κ2) is 7.92. The highest BCUT2D eigenvalue weighted by Gasteiger charge is 2.16. The molecular weight excluding hydrogens is 372 g/mol. The topological polar surface area (TPSA) is 94.6 Å². The van der Waals surface area contributed by atoms with Crippen LogP contribution in [-0.4, -0.2) is 17.4 Å². The van der Waals surface area contributed by atoms with Gasteiger partial charge in [-0.1, -0.05) is 11.6 Å². The molecule has 0 aliphatic rings. The summed E-state index contributed by atoms with van der Waals surface area (Å²) in [5, 5.41) is 13.7. The number of nitro benzene ring substituents is 1. The second-order valence-corrected chi connectivity index (χ2v) is 5.90. The van der Waals surface area contributed by atoms with Gasteiger partial charge in [-0.15, -0.1) is 0 Å². The Kier molecular flexibility index (Phi) is 5.42. The zero-order valence-corrected chi connectivity index (χ0v) is 15.0. The molecule has 1 heterocycles. The van der Waals surface area contributed by atoms with E-state index < -0.39 is 10.8 Å². The summed E-state index contributed by atoms with van der Waals surface area (Å²) in [5.41, 5.74) is 0.931. The van der Waals surface area contributed by atoms with Crippen molar-refractivity contribution < 1.29 is 18.9 Å². The normalized spacial score (nSPS) is 10.4. The number of nitrogens with one attached hydrogen (secondary N) is 1. The van der Waals surface area contributed by atoms with Crippen molar-refractivity contribution in [3.8, 4) is 17.1 Å². The number of nitro groups is 1. The number of carbonyl (C=O) groups is 1. The van der Waals surface area contributed by atoms with Gasteiger partial charge in [-0.3, -0.25) is 14.9 Å². The quantitative estimate of drug-likeness (QED) is 0.466. The van der Waals surface area contributed by atoms with Gasteiger partial charge in [-0.05, 0) is 49.4 Å². The van der Waals surface area contributed by atoms with Crippen molar-refractivity contribution in [2.75, 3.05) is 11.9 Å². The van der Waals surface area contributed by atoms with Crippen LogP contribution in [0.5, 0.6) is 5.75 Å². The molecule has 0 fully saturated rings. The molecule has 27 heavy (non-hydrogen) atoms. The van der Waals surface area contributed by atoms with Crippen LogP contribution in [0.4, 0.5) is 11.4 Å². The summed E-state index contributed by atoms with van der Waals surface area (Å²) in [6, 6.07) is 14.1. The van der Waals surface area contributed by atoms with Crippen LogP contribution in [0.1, 0.15) is 17.5 Å². The molecule has 0 bridgehead atoms. The third kappa shape index (κ3) is 4.27. The van der Waals surface area contributed by atoms with E-state index in [4.69, 9.17) is 20.8 Å². The van der Waals surface area contributed by atoms with E-state index in [0.717, 1.165) is 0 Å². The summed E-state index contributed by atoms with van der Waals surface area (Å²) in [6.07, 6.45) is 0. The van der Waals surface area contributed by atoms with E-state index >= 15 is 0 Å². The smallest absolute Gasteiger partial charge is 0.291 e. The minimum absolute atomic E-state index is 0.0910. The van der Waals surface area contributed by atoms with E-state index in [-0.39, 0.29) is 16.5 Å². The third-order valence-electron chi connectivity index (χ3n) is 3.68. The van der Waals surface area contributed by atoms with E-state index in [1.54, 1.807) is 30.3 Å². The van der Waals surface area contributed by atoms with Gasteiger partial charge in [-0.25, -0.2) is 0 Å². The number of non-ortho nitro benzene ring substituents is 1. The lowest BCUT2D eigenvalue weighted by molar-refractivity contribution is -0.384. The van der Waals surface area contributed by atoms with Gasteiger partial charge >= 0.3 is 0 Å². The lowest BCUT2D eigenvalue weighted by Crippen LogP contribution is -2.10. The average Bonchev–Trinajstić information content (AvgIpc) is 3.13. The molecule has 0 aliphatic carbocycles. The maximum absolute atomic E-state index is 12.3. The number of furan rings is 1. The lowest BCUT2D eigenvalue weighted by atomic mass is 10.1. The summed E-state index contributed by atoms with van der Waals surface area (Å²) in [5.74, 6) is 0.715. The van der Waals surface area contributed by atoms with Crippen LogP contribution in [0.2, 0.25) is 5.02 Å². The molecule has 1 N–H and O–H groups in total. The number of ether oxygens (including phenoxy) is 1. The van der Waals surface area contributed by atoms with Crippen LogP contribution >= 0.6 is 11.6 Å². The van der Waals surface area contributed by atoms with Gasteiger partial charge in [0.15, 0.2) is 5.76 Å². The molecule has 1 aromatic heterocycles. The Bertz CT molecular complexity index is 982. The Morgan fingerprint density at radius 3 is 2.56 bits per heavy atom. The number of halogens is 1. The predicted molar refractivity (Wildman–Crippen MR) is 101 cm³/mol. The fraction of sp³-hybridized carbons (Fsp3) is 0.105. The highest BCUT2D eigenvalue weighted by atomic mass is 35.5. The number of nitrogens with zero attached hydrogens (tertiary/aromatic N) is 1. The van der Waals surface area contributed by atoms with Gasteiger partial charge in [0.25, 0.3) is 11.6 Å². The van der Waals surface area contributed by atoms with E-state index in [1.807, 2.05) is 6.92 Å². The molecule has 138 valence electrons. The summed E-state index contributed by atoms with van der Waals surface area (Å²) in [4.78, 5) is 22.6. The van der Waals surface area contributed by atoms with Crippen LogP contribution in [0, 0.1) is 10.1 Å². The first-order valence-corrected chi connectivity index (χ1v) is 8.44. The maximum atomic E-state index is 12.3. The molecule has 0 saturated carbocycles. The molecule has 3 aromatic rings. The fourth-order valence-electron chi connectivity index (χ4n) is 2.42. The second-order valence-electron chi connectivity index (χ2n) is 5.50. The molecule has 8 heteroatoms. The number of benzene rings is 2. The summed E-state index contributed by atoms with van der Waals surface area (Å²) < 4.78 is 10.9. The molecule has 0 saturated heterocycles. The third-order valence-corrected chi connectivity index (χ3v) is 3.99. The first-order chi connectivity index (χ1) is 13.0. The van der Waals surface area contributed by atoms with Crippen LogP contribution in [0.3, 0.4) is 0 Å². The van der Waals surface area contributed by atoms with Crippen molar-refractivity contribution in [2.45, 2.75) is 6.92 Å². The number of amides is 1. The van der Waals surface area contributed by atoms with E-state index in [1.165, 1.54) is 24.3 Å². The Hall–Kier alpha value is -3.32. The molecule has 2 aromatic carbocycles. The molecule has 0 radical (unpaired) electrons. The van der Waals surface area contributed by atoms with Crippen LogP contribution in [0.25, 0.3) is 11.3 Å². The monoisotopic (exact) mass is 386 g/mol. The number of carbonyl (C=O) groups excluding carboxylic acids is 1. The molecule has 3 rings (SSSR count). The molecule has 0 unspecified atom stereocenters. The van der Waals surface area contributed by atoms with Crippen molar-refractivity contribution >= 4 is 28.9 Å². The van der Waals surface area contributed by atoms with Gasteiger partial charge in [-0.2, -0.15) is 0 Å². The van der Waals surface area contributed by atoms with E-state index in [0.29, 0.717) is 29.4 Å². The Morgan fingerprint density at radius 1 is 1.19 bits per heavy atom. The highest BCUT2D eigenvalue weighted by Crippen LogP contribution is 2.32. The van der Waals surface area contributed by atoms with Crippen LogP contribution in [0.15, 0.2) is 59.0 Å². The highest BCUT2D eigenvalue weighted by molar-refractivity contribution is 6.33. The SMILES string of the molecule is CCOc1ccc(NC(=O)c2ccc(-c3ccc([N+](=O)[O-])cc3Cl)o2)cc1. The summed E-state index contributed by atoms with van der Waals surface area (Å²) in [6.45, 7) is 2.45. The van der Waals surface area contributed by atoms with Gasteiger partial charge in [0.2, 0.25) is 0 Å². The maximum Gasteiger partial charge on any atom is 0.291 e. The molecule has 0 aliphatic heterocycles. The Balaban J connectivity index is 1.75.